The number of ether oxygens (including phenoxy) is 1. The Bertz CT molecular complexity index is 228. The Hall–Kier alpha value is -1.30. The molecule has 100 valence electrons. The zero-order valence-corrected chi connectivity index (χ0v) is 10.5. The topological polar surface area (TPSA) is 87.7 Å². The molecule has 17 heavy (non-hydrogen) atoms. The molecule has 0 saturated carbocycles. The number of methoxy groups -OCH3 is 1. The molecule has 6 heteroatoms. The van der Waals surface area contributed by atoms with E-state index in [4.69, 9.17) is 9.84 Å². The number of nitrogens with one attached hydrogen (secondary N) is 2. The van der Waals surface area contributed by atoms with Crippen LogP contribution in [0.3, 0.4) is 0 Å². The van der Waals surface area contributed by atoms with E-state index in [1.165, 1.54) is 0 Å². The molecule has 1 unspecified atom stereocenters. The van der Waals surface area contributed by atoms with Crippen molar-refractivity contribution in [3.8, 4) is 0 Å². The Labute approximate surface area is 102 Å². The highest BCUT2D eigenvalue weighted by atomic mass is 16.5. The van der Waals surface area contributed by atoms with Crippen LogP contribution < -0.4 is 10.6 Å². The van der Waals surface area contributed by atoms with Gasteiger partial charge in [0.25, 0.3) is 0 Å². The van der Waals surface area contributed by atoms with Gasteiger partial charge in [0.05, 0.1) is 12.6 Å². The number of carboxylic acid groups (broad SMARTS) is 1. The second kappa shape index (κ2) is 9.89. The maximum absolute atomic E-state index is 11.4. The van der Waals surface area contributed by atoms with Crippen LogP contribution in [0.4, 0.5) is 4.79 Å². The van der Waals surface area contributed by atoms with Crippen molar-refractivity contribution in [1.82, 2.24) is 10.6 Å². The minimum Gasteiger partial charge on any atom is -0.481 e. The van der Waals surface area contributed by atoms with Gasteiger partial charge in [-0.2, -0.15) is 0 Å². The number of amides is 2. The van der Waals surface area contributed by atoms with Crippen LogP contribution in [0.25, 0.3) is 0 Å². The van der Waals surface area contributed by atoms with Crippen molar-refractivity contribution in [3.63, 3.8) is 0 Å². The fraction of sp³-hybridized carbons (Fsp3) is 0.818. The largest absolute Gasteiger partial charge is 0.481 e. The number of carbonyl (C=O) groups is 2. The Morgan fingerprint density at radius 1 is 1.41 bits per heavy atom. The summed E-state index contributed by atoms with van der Waals surface area (Å²) in [5.41, 5.74) is 0. The van der Waals surface area contributed by atoms with Gasteiger partial charge >= 0.3 is 12.0 Å². The standard InChI is InChI=1S/C11H22N2O4/c1-3-5-9(8-17-2)13-11(16)12-7-4-6-10(14)15/h9H,3-8H2,1-2H3,(H,14,15)(H2,12,13,16). The van der Waals surface area contributed by atoms with Crippen molar-refractivity contribution >= 4 is 12.0 Å². The molecule has 1 atom stereocenters. The van der Waals surface area contributed by atoms with E-state index in [-0.39, 0.29) is 18.5 Å². The lowest BCUT2D eigenvalue weighted by Crippen LogP contribution is -2.44. The molecule has 6 nitrogen and oxygen atoms in total. The van der Waals surface area contributed by atoms with E-state index >= 15 is 0 Å². The summed E-state index contributed by atoms with van der Waals surface area (Å²) in [6, 6.07) is -0.268. The van der Waals surface area contributed by atoms with Gasteiger partial charge in [0, 0.05) is 20.1 Å². The molecule has 0 aromatic rings. The first-order valence-electron chi connectivity index (χ1n) is 5.85. The predicted octanol–water partition coefficient (Wildman–Crippen LogP) is 0.965. The summed E-state index contributed by atoms with van der Waals surface area (Å²) in [5, 5.41) is 13.8. The lowest BCUT2D eigenvalue weighted by Gasteiger charge is -2.17. The average molecular weight is 246 g/mol. The van der Waals surface area contributed by atoms with E-state index in [2.05, 4.69) is 10.6 Å². The molecule has 0 aliphatic heterocycles. The fourth-order valence-electron chi connectivity index (χ4n) is 1.42. The highest BCUT2D eigenvalue weighted by Crippen LogP contribution is 1.96. The summed E-state index contributed by atoms with van der Waals surface area (Å²) in [4.78, 5) is 21.7. The Balaban J connectivity index is 3.70. The van der Waals surface area contributed by atoms with E-state index in [0.29, 0.717) is 19.6 Å². The third-order valence-corrected chi connectivity index (χ3v) is 2.19. The summed E-state index contributed by atoms with van der Waals surface area (Å²) < 4.78 is 4.99. The molecule has 0 aliphatic rings. The first-order chi connectivity index (χ1) is 8.10. The van der Waals surface area contributed by atoms with Gasteiger partial charge in [-0.25, -0.2) is 4.79 Å². The lowest BCUT2D eigenvalue weighted by atomic mass is 10.2. The molecule has 0 aliphatic carbocycles. The number of hydrogen-bond acceptors (Lipinski definition) is 3. The van der Waals surface area contributed by atoms with E-state index in [1.54, 1.807) is 7.11 Å². The molecular weight excluding hydrogens is 224 g/mol. The summed E-state index contributed by atoms with van der Waals surface area (Å²) in [5.74, 6) is -0.851. The summed E-state index contributed by atoms with van der Waals surface area (Å²) >= 11 is 0. The maximum atomic E-state index is 11.4. The van der Waals surface area contributed by atoms with Crippen LogP contribution in [0.15, 0.2) is 0 Å². The Morgan fingerprint density at radius 2 is 2.12 bits per heavy atom. The first kappa shape index (κ1) is 15.7. The van der Waals surface area contributed by atoms with Crippen LogP contribution in [0, 0.1) is 0 Å². The first-order valence-corrected chi connectivity index (χ1v) is 5.85. The molecule has 3 N–H and O–H groups in total. The molecule has 0 saturated heterocycles. The molecule has 2 amide bonds. The number of hydrogen-bond donors (Lipinski definition) is 3. The van der Waals surface area contributed by atoms with Gasteiger partial charge in [-0.05, 0) is 12.8 Å². The second-order valence-electron chi connectivity index (χ2n) is 3.84. The van der Waals surface area contributed by atoms with Crippen molar-refractivity contribution in [1.29, 1.82) is 0 Å². The summed E-state index contributed by atoms with van der Waals surface area (Å²) in [6.07, 6.45) is 2.33. The SMILES string of the molecule is CCCC(COC)NC(=O)NCCCC(=O)O. The van der Waals surface area contributed by atoms with Crippen LogP contribution >= 0.6 is 0 Å². The minimum absolute atomic E-state index is 0.00414. The molecule has 0 spiro atoms. The molecule has 0 radical (unpaired) electrons. The van der Waals surface area contributed by atoms with Crippen LogP contribution in [0.5, 0.6) is 0 Å². The van der Waals surface area contributed by atoms with Gasteiger partial charge < -0.3 is 20.5 Å². The molecule has 0 heterocycles. The van der Waals surface area contributed by atoms with Crippen LogP contribution in [0.2, 0.25) is 0 Å². The molecule has 0 aromatic heterocycles. The average Bonchev–Trinajstić information content (AvgIpc) is 2.25. The monoisotopic (exact) mass is 246 g/mol. The number of carbonyl (C=O) groups excluding carboxylic acids is 1. The Morgan fingerprint density at radius 3 is 2.65 bits per heavy atom. The van der Waals surface area contributed by atoms with Crippen LogP contribution in [-0.2, 0) is 9.53 Å². The number of aliphatic carboxylic acids is 1. The van der Waals surface area contributed by atoms with E-state index in [9.17, 15) is 9.59 Å². The van der Waals surface area contributed by atoms with Crippen molar-refractivity contribution in [2.24, 2.45) is 0 Å². The van der Waals surface area contributed by atoms with Crippen molar-refractivity contribution in [2.45, 2.75) is 38.6 Å². The molecule has 0 rings (SSSR count). The molecule has 0 fully saturated rings. The second-order valence-corrected chi connectivity index (χ2v) is 3.84. The third-order valence-electron chi connectivity index (χ3n) is 2.19. The predicted molar refractivity (Wildman–Crippen MR) is 64.0 cm³/mol. The smallest absolute Gasteiger partial charge is 0.315 e. The third kappa shape index (κ3) is 9.62. The summed E-state index contributed by atoms with van der Waals surface area (Å²) in [7, 11) is 1.59. The number of urea groups is 1. The summed E-state index contributed by atoms with van der Waals surface area (Å²) in [6.45, 7) is 2.88. The minimum atomic E-state index is -0.851. The van der Waals surface area contributed by atoms with E-state index < -0.39 is 5.97 Å². The van der Waals surface area contributed by atoms with Crippen molar-refractivity contribution < 1.29 is 19.4 Å². The van der Waals surface area contributed by atoms with Crippen molar-refractivity contribution in [3.05, 3.63) is 0 Å². The highest BCUT2D eigenvalue weighted by Gasteiger charge is 2.10. The molecule has 0 bridgehead atoms. The van der Waals surface area contributed by atoms with E-state index in [1.807, 2.05) is 6.92 Å². The maximum Gasteiger partial charge on any atom is 0.315 e. The lowest BCUT2D eigenvalue weighted by molar-refractivity contribution is -0.137. The van der Waals surface area contributed by atoms with Crippen molar-refractivity contribution in [2.75, 3.05) is 20.3 Å². The molecular formula is C11H22N2O4. The quantitative estimate of drug-likeness (QED) is 0.529. The van der Waals surface area contributed by atoms with Gasteiger partial charge in [0.15, 0.2) is 0 Å². The zero-order valence-electron chi connectivity index (χ0n) is 10.5. The van der Waals surface area contributed by atoms with Gasteiger partial charge in [0.1, 0.15) is 0 Å². The van der Waals surface area contributed by atoms with Gasteiger partial charge in [-0.15, -0.1) is 0 Å². The fourth-order valence-corrected chi connectivity index (χ4v) is 1.42. The van der Waals surface area contributed by atoms with Crippen LogP contribution in [-0.4, -0.2) is 43.4 Å². The normalized spacial score (nSPS) is 11.9. The van der Waals surface area contributed by atoms with Crippen LogP contribution in [0.1, 0.15) is 32.6 Å². The Kier molecular flexibility index (Phi) is 9.14. The highest BCUT2D eigenvalue weighted by molar-refractivity contribution is 5.74. The number of carboxylic acids is 1. The van der Waals surface area contributed by atoms with Gasteiger partial charge in [0.2, 0.25) is 0 Å². The van der Waals surface area contributed by atoms with Gasteiger partial charge in [-0.1, -0.05) is 13.3 Å². The van der Waals surface area contributed by atoms with Gasteiger partial charge in [-0.3, -0.25) is 4.79 Å². The molecule has 0 aromatic carbocycles. The van der Waals surface area contributed by atoms with E-state index in [0.717, 1.165) is 12.8 Å². The zero-order chi connectivity index (χ0) is 13.1. The number of rotatable bonds is 9.